The van der Waals surface area contributed by atoms with Gasteiger partial charge in [-0.1, -0.05) is 47.0 Å². The SMILES string of the molecule is CCCC(C(=O)O)N1CCN(C(CC)C(=O)O)CCN(C(CCC)C(=O)O)CCN(C(CCC)C(=O)O)CC1. The van der Waals surface area contributed by atoms with Gasteiger partial charge in [-0.15, -0.1) is 0 Å². The second kappa shape index (κ2) is 18.1. The first-order valence-corrected chi connectivity index (χ1v) is 14.4. The van der Waals surface area contributed by atoms with Crippen LogP contribution in [0.15, 0.2) is 0 Å². The highest BCUT2D eigenvalue weighted by atomic mass is 16.4. The van der Waals surface area contributed by atoms with Crippen molar-refractivity contribution in [2.24, 2.45) is 0 Å². The first-order chi connectivity index (χ1) is 18.5. The Kier molecular flexibility index (Phi) is 16.2. The molecule has 1 rings (SSSR count). The maximum Gasteiger partial charge on any atom is 0.320 e. The maximum atomic E-state index is 12.2. The number of carboxylic acids is 4. The molecule has 1 fully saturated rings. The number of hydrogen-bond acceptors (Lipinski definition) is 8. The number of rotatable bonds is 15. The Morgan fingerprint density at radius 1 is 0.462 bits per heavy atom. The predicted octanol–water partition coefficient (Wildman–Crippen LogP) is 1.83. The second-order valence-electron chi connectivity index (χ2n) is 10.3. The van der Waals surface area contributed by atoms with Gasteiger partial charge < -0.3 is 20.4 Å². The molecule has 12 heteroatoms. The molecule has 4 N–H and O–H groups in total. The summed E-state index contributed by atoms with van der Waals surface area (Å²) in [6, 6.07) is -3.08. The van der Waals surface area contributed by atoms with Gasteiger partial charge in [0, 0.05) is 52.4 Å². The van der Waals surface area contributed by atoms with Gasteiger partial charge in [0.2, 0.25) is 0 Å². The van der Waals surface area contributed by atoms with Crippen LogP contribution in [0.25, 0.3) is 0 Å². The van der Waals surface area contributed by atoms with Crippen molar-refractivity contribution in [2.45, 2.75) is 96.8 Å². The minimum Gasteiger partial charge on any atom is -0.480 e. The van der Waals surface area contributed by atoms with Crippen LogP contribution in [0.1, 0.15) is 72.6 Å². The lowest BCUT2D eigenvalue weighted by Crippen LogP contribution is -2.56. The van der Waals surface area contributed by atoms with E-state index in [4.69, 9.17) is 0 Å². The summed E-state index contributed by atoms with van der Waals surface area (Å²) >= 11 is 0. The van der Waals surface area contributed by atoms with Gasteiger partial charge >= 0.3 is 23.9 Å². The Morgan fingerprint density at radius 2 is 0.667 bits per heavy atom. The molecule has 226 valence electrons. The zero-order chi connectivity index (χ0) is 29.5. The van der Waals surface area contributed by atoms with Crippen LogP contribution in [0.4, 0.5) is 0 Å². The molecular formula is C27H50N4O8. The van der Waals surface area contributed by atoms with E-state index in [2.05, 4.69) is 0 Å². The normalized spacial score (nSPS) is 20.7. The fraction of sp³-hybridized carbons (Fsp3) is 0.852. The van der Waals surface area contributed by atoms with E-state index in [1.807, 2.05) is 40.4 Å². The lowest BCUT2D eigenvalue weighted by atomic mass is 10.1. The first-order valence-electron chi connectivity index (χ1n) is 14.4. The summed E-state index contributed by atoms with van der Waals surface area (Å²) in [5.41, 5.74) is 0. The molecule has 0 aliphatic carbocycles. The molecule has 12 nitrogen and oxygen atoms in total. The third kappa shape index (κ3) is 11.0. The number of carboxylic acid groups (broad SMARTS) is 4. The molecule has 0 saturated carbocycles. The van der Waals surface area contributed by atoms with Crippen molar-refractivity contribution in [1.82, 2.24) is 19.6 Å². The summed E-state index contributed by atoms with van der Waals surface area (Å²) < 4.78 is 0. The van der Waals surface area contributed by atoms with Gasteiger partial charge in [-0.05, 0) is 25.7 Å². The Balaban J connectivity index is 3.49. The lowest BCUT2D eigenvalue weighted by molar-refractivity contribution is -0.148. The van der Waals surface area contributed by atoms with E-state index in [1.165, 1.54) is 0 Å². The van der Waals surface area contributed by atoms with E-state index in [1.54, 1.807) is 6.92 Å². The van der Waals surface area contributed by atoms with E-state index >= 15 is 0 Å². The first kappa shape index (κ1) is 34.7. The fourth-order valence-electron chi connectivity index (χ4n) is 5.52. The van der Waals surface area contributed by atoms with E-state index in [-0.39, 0.29) is 0 Å². The van der Waals surface area contributed by atoms with E-state index in [9.17, 15) is 39.6 Å². The average molecular weight is 559 g/mol. The van der Waals surface area contributed by atoms with Crippen LogP contribution >= 0.6 is 0 Å². The maximum absolute atomic E-state index is 12.2. The molecule has 1 saturated heterocycles. The highest BCUT2D eigenvalue weighted by Gasteiger charge is 2.33. The average Bonchev–Trinajstić information content (AvgIpc) is 2.86. The minimum atomic E-state index is -0.968. The van der Waals surface area contributed by atoms with Crippen molar-refractivity contribution in [3.63, 3.8) is 0 Å². The monoisotopic (exact) mass is 558 g/mol. The number of carbonyl (C=O) groups is 4. The molecule has 1 aliphatic heterocycles. The summed E-state index contributed by atoms with van der Waals surface area (Å²) in [6.07, 6.45) is 3.60. The zero-order valence-corrected chi connectivity index (χ0v) is 24.1. The molecule has 4 unspecified atom stereocenters. The van der Waals surface area contributed by atoms with E-state index < -0.39 is 48.0 Å². The molecular weight excluding hydrogens is 508 g/mol. The van der Waals surface area contributed by atoms with Crippen molar-refractivity contribution in [3.8, 4) is 0 Å². The molecule has 1 aliphatic rings. The topological polar surface area (TPSA) is 162 Å². The lowest BCUT2D eigenvalue weighted by Gasteiger charge is -2.39. The smallest absolute Gasteiger partial charge is 0.320 e. The van der Waals surface area contributed by atoms with Crippen LogP contribution in [-0.4, -0.2) is 140 Å². The van der Waals surface area contributed by atoms with Gasteiger partial charge in [-0.3, -0.25) is 38.8 Å². The predicted molar refractivity (Wildman–Crippen MR) is 147 cm³/mol. The van der Waals surface area contributed by atoms with Crippen LogP contribution in [0.3, 0.4) is 0 Å². The Morgan fingerprint density at radius 3 is 0.821 bits per heavy atom. The zero-order valence-electron chi connectivity index (χ0n) is 24.1. The molecule has 4 atom stereocenters. The molecule has 0 amide bonds. The van der Waals surface area contributed by atoms with Crippen molar-refractivity contribution >= 4 is 23.9 Å². The molecule has 0 aromatic rings. The molecule has 0 radical (unpaired) electrons. The number of aliphatic carboxylic acids is 4. The summed E-state index contributed by atoms with van der Waals surface area (Å²) in [7, 11) is 0. The van der Waals surface area contributed by atoms with Gasteiger partial charge in [0.15, 0.2) is 0 Å². The van der Waals surface area contributed by atoms with Crippen LogP contribution in [0.5, 0.6) is 0 Å². The van der Waals surface area contributed by atoms with Crippen molar-refractivity contribution < 1.29 is 39.6 Å². The van der Waals surface area contributed by atoms with Crippen molar-refractivity contribution in [2.75, 3.05) is 52.4 Å². The molecule has 0 aromatic heterocycles. The Hall–Kier alpha value is -2.28. The number of nitrogens with zero attached hydrogens (tertiary/aromatic N) is 4. The minimum absolute atomic E-state index is 0.301. The molecule has 0 aromatic carbocycles. The van der Waals surface area contributed by atoms with Crippen molar-refractivity contribution in [3.05, 3.63) is 0 Å². The van der Waals surface area contributed by atoms with Crippen LogP contribution < -0.4 is 0 Å². The summed E-state index contributed by atoms with van der Waals surface area (Å²) in [6.45, 7) is 9.95. The summed E-state index contributed by atoms with van der Waals surface area (Å²) in [5, 5.41) is 39.8. The van der Waals surface area contributed by atoms with E-state index in [0.717, 1.165) is 0 Å². The van der Waals surface area contributed by atoms with Gasteiger partial charge in [0.05, 0.1) is 0 Å². The van der Waals surface area contributed by atoms with Crippen LogP contribution in [0, 0.1) is 0 Å². The molecule has 39 heavy (non-hydrogen) atoms. The van der Waals surface area contributed by atoms with Gasteiger partial charge in [0.1, 0.15) is 24.2 Å². The van der Waals surface area contributed by atoms with Gasteiger partial charge in [-0.2, -0.15) is 0 Å². The highest BCUT2D eigenvalue weighted by molar-refractivity contribution is 5.75. The van der Waals surface area contributed by atoms with Gasteiger partial charge in [0.25, 0.3) is 0 Å². The molecule has 0 bridgehead atoms. The molecule has 1 heterocycles. The summed E-state index contributed by atoms with van der Waals surface area (Å²) in [4.78, 5) is 56.0. The molecule has 0 spiro atoms. The Bertz CT molecular complexity index is 743. The quantitative estimate of drug-likeness (QED) is 0.231. The van der Waals surface area contributed by atoms with Gasteiger partial charge in [-0.25, -0.2) is 0 Å². The second-order valence-corrected chi connectivity index (χ2v) is 10.3. The van der Waals surface area contributed by atoms with E-state index in [0.29, 0.717) is 97.3 Å². The largest absolute Gasteiger partial charge is 0.480 e. The Labute approximate surface area is 232 Å². The van der Waals surface area contributed by atoms with Crippen molar-refractivity contribution in [1.29, 1.82) is 0 Å². The van der Waals surface area contributed by atoms with Crippen LogP contribution in [0.2, 0.25) is 0 Å². The third-order valence-corrected chi connectivity index (χ3v) is 7.67. The fourth-order valence-corrected chi connectivity index (χ4v) is 5.52. The standard InChI is InChI=1S/C27H50N4O8/c1-5-9-21(25(34)35)29-14-12-28(20(8-4)24(32)33)13-15-30(22(10-6-2)26(36)37)17-19-31(18-16-29)23(11-7-3)27(38)39/h20-23H,5-19H2,1-4H3,(H,32,33)(H,34,35)(H,36,37)(H,38,39). The summed E-state index contributed by atoms with van der Waals surface area (Å²) in [5.74, 6) is -3.83. The number of hydrogen-bond donors (Lipinski definition) is 4. The highest BCUT2D eigenvalue weighted by Crippen LogP contribution is 2.16. The van der Waals surface area contributed by atoms with Crippen LogP contribution in [-0.2, 0) is 19.2 Å². The third-order valence-electron chi connectivity index (χ3n) is 7.67.